The van der Waals surface area contributed by atoms with Gasteiger partial charge in [-0.2, -0.15) is 0 Å². The van der Waals surface area contributed by atoms with Crippen LogP contribution in [-0.2, 0) is 0 Å². The first-order valence-electron chi connectivity index (χ1n) is 7.21. The molecule has 3 rings (SSSR count). The Bertz CT molecular complexity index is 703. The van der Waals surface area contributed by atoms with Crippen molar-refractivity contribution in [2.75, 3.05) is 25.5 Å². The van der Waals surface area contributed by atoms with E-state index in [9.17, 15) is 4.39 Å². The summed E-state index contributed by atoms with van der Waals surface area (Å²) in [6.45, 7) is 2.95. The third-order valence-corrected chi connectivity index (χ3v) is 3.85. The topological polar surface area (TPSA) is 56.5 Å². The maximum absolute atomic E-state index is 14.0. The lowest BCUT2D eigenvalue weighted by Crippen LogP contribution is -2.37. The zero-order valence-electron chi connectivity index (χ0n) is 12.7. The van der Waals surface area contributed by atoms with E-state index < -0.39 is 0 Å². The molecule has 0 fully saturated rings. The highest BCUT2D eigenvalue weighted by atomic mass is 19.1. The highest BCUT2D eigenvalue weighted by Gasteiger charge is 2.23. The van der Waals surface area contributed by atoms with Crippen LogP contribution >= 0.6 is 0 Å². The molecule has 1 aliphatic heterocycles. The van der Waals surface area contributed by atoms with Crippen molar-refractivity contribution in [1.29, 1.82) is 0 Å². The molecule has 0 unspecified atom stereocenters. The molecular formula is C17H19FN2O2. The van der Waals surface area contributed by atoms with Crippen molar-refractivity contribution in [3.63, 3.8) is 0 Å². The molecule has 116 valence electrons. The fourth-order valence-corrected chi connectivity index (χ4v) is 2.68. The van der Waals surface area contributed by atoms with Gasteiger partial charge in [-0.1, -0.05) is 6.07 Å². The first-order valence-corrected chi connectivity index (χ1v) is 7.21. The number of ether oxygens (including phenoxy) is 2. The standard InChI is InChI=1S/C17H19FN2O2/c1-10-5-12(21-2)3-4-14(10)15-6-11(18)7-16-17(15)22-13(8-19)9-20-16/h3-7,13,20H,8-9,19H2,1-2H3/t13-/m0/s1. The van der Waals surface area contributed by atoms with Gasteiger partial charge in [0.1, 0.15) is 17.7 Å². The van der Waals surface area contributed by atoms with Crippen LogP contribution in [0.15, 0.2) is 30.3 Å². The van der Waals surface area contributed by atoms with Crippen LogP contribution < -0.4 is 20.5 Å². The number of benzene rings is 2. The van der Waals surface area contributed by atoms with E-state index in [0.29, 0.717) is 24.5 Å². The summed E-state index contributed by atoms with van der Waals surface area (Å²) in [4.78, 5) is 0. The van der Waals surface area contributed by atoms with Gasteiger partial charge in [0, 0.05) is 18.2 Å². The highest BCUT2D eigenvalue weighted by Crippen LogP contribution is 2.41. The van der Waals surface area contributed by atoms with E-state index in [0.717, 1.165) is 22.4 Å². The Kier molecular flexibility index (Phi) is 3.90. The maximum Gasteiger partial charge on any atom is 0.151 e. The molecule has 0 aromatic heterocycles. The summed E-state index contributed by atoms with van der Waals surface area (Å²) in [6, 6.07) is 8.64. The first kappa shape index (κ1) is 14.7. The summed E-state index contributed by atoms with van der Waals surface area (Å²) in [5.41, 5.74) is 8.98. The van der Waals surface area contributed by atoms with Crippen molar-refractivity contribution in [2.24, 2.45) is 5.73 Å². The van der Waals surface area contributed by atoms with Crippen LogP contribution in [0, 0.1) is 12.7 Å². The largest absolute Gasteiger partial charge is 0.497 e. The number of nitrogens with one attached hydrogen (secondary N) is 1. The monoisotopic (exact) mass is 302 g/mol. The Morgan fingerprint density at radius 2 is 2.14 bits per heavy atom. The number of halogens is 1. The van der Waals surface area contributed by atoms with Crippen LogP contribution in [0.2, 0.25) is 0 Å². The van der Waals surface area contributed by atoms with Gasteiger partial charge in [0.05, 0.1) is 19.3 Å². The van der Waals surface area contributed by atoms with Gasteiger partial charge in [0.2, 0.25) is 0 Å². The lowest BCUT2D eigenvalue weighted by Gasteiger charge is -2.28. The summed E-state index contributed by atoms with van der Waals surface area (Å²) in [6.07, 6.45) is -0.115. The van der Waals surface area contributed by atoms with Crippen molar-refractivity contribution >= 4 is 5.69 Å². The van der Waals surface area contributed by atoms with E-state index in [1.165, 1.54) is 12.1 Å². The SMILES string of the molecule is COc1ccc(-c2cc(F)cc3c2O[C@@H](CN)CN3)c(C)c1. The number of methoxy groups -OCH3 is 1. The van der Waals surface area contributed by atoms with E-state index in [4.69, 9.17) is 15.2 Å². The molecule has 0 amide bonds. The minimum atomic E-state index is -0.300. The van der Waals surface area contributed by atoms with Gasteiger partial charge in [-0.3, -0.25) is 0 Å². The summed E-state index contributed by atoms with van der Waals surface area (Å²) in [7, 11) is 1.62. The van der Waals surface area contributed by atoms with Crippen LogP contribution in [0.5, 0.6) is 11.5 Å². The average molecular weight is 302 g/mol. The Hall–Kier alpha value is -2.27. The van der Waals surface area contributed by atoms with Crippen LogP contribution in [0.4, 0.5) is 10.1 Å². The molecule has 2 aromatic rings. The van der Waals surface area contributed by atoms with Crippen LogP contribution in [0.1, 0.15) is 5.56 Å². The second-order valence-electron chi connectivity index (χ2n) is 5.37. The van der Waals surface area contributed by atoms with E-state index in [1.54, 1.807) is 7.11 Å². The molecule has 1 atom stereocenters. The van der Waals surface area contributed by atoms with Gasteiger partial charge >= 0.3 is 0 Å². The molecule has 0 saturated heterocycles. The Balaban J connectivity index is 2.13. The fraction of sp³-hybridized carbons (Fsp3) is 0.294. The van der Waals surface area contributed by atoms with Crippen LogP contribution in [0.3, 0.4) is 0 Å². The normalized spacial score (nSPS) is 16.5. The molecule has 0 aliphatic carbocycles. The molecule has 1 aliphatic rings. The van der Waals surface area contributed by atoms with Crippen molar-refractivity contribution < 1.29 is 13.9 Å². The molecule has 5 heteroatoms. The molecule has 0 saturated carbocycles. The predicted molar refractivity (Wildman–Crippen MR) is 85.1 cm³/mol. The molecule has 3 N–H and O–H groups in total. The number of hydrogen-bond acceptors (Lipinski definition) is 4. The number of hydrogen-bond donors (Lipinski definition) is 2. The van der Waals surface area contributed by atoms with Gasteiger partial charge in [-0.05, 0) is 36.2 Å². The number of rotatable bonds is 3. The van der Waals surface area contributed by atoms with Gasteiger partial charge in [-0.15, -0.1) is 0 Å². The Morgan fingerprint density at radius 3 is 2.82 bits per heavy atom. The van der Waals surface area contributed by atoms with E-state index >= 15 is 0 Å². The minimum Gasteiger partial charge on any atom is -0.497 e. The second kappa shape index (κ2) is 5.85. The van der Waals surface area contributed by atoms with Crippen LogP contribution in [0.25, 0.3) is 11.1 Å². The summed E-state index contributed by atoms with van der Waals surface area (Å²) >= 11 is 0. The Labute approximate surface area is 129 Å². The van der Waals surface area contributed by atoms with E-state index in [2.05, 4.69) is 5.32 Å². The molecule has 4 nitrogen and oxygen atoms in total. The molecule has 2 aromatic carbocycles. The van der Waals surface area contributed by atoms with Crippen molar-refractivity contribution in [2.45, 2.75) is 13.0 Å². The predicted octanol–water partition coefficient (Wildman–Crippen LogP) is 2.94. The Morgan fingerprint density at radius 1 is 1.32 bits per heavy atom. The average Bonchev–Trinajstić information content (AvgIpc) is 2.53. The van der Waals surface area contributed by atoms with Gasteiger partial charge in [0.25, 0.3) is 0 Å². The molecule has 0 bridgehead atoms. The van der Waals surface area contributed by atoms with Gasteiger partial charge < -0.3 is 20.5 Å². The van der Waals surface area contributed by atoms with Gasteiger partial charge in [-0.25, -0.2) is 4.39 Å². The third kappa shape index (κ3) is 2.60. The molecule has 22 heavy (non-hydrogen) atoms. The first-order chi connectivity index (χ1) is 10.6. The number of nitrogens with two attached hydrogens (primary N) is 1. The van der Waals surface area contributed by atoms with Crippen molar-refractivity contribution in [3.05, 3.63) is 41.7 Å². The minimum absolute atomic E-state index is 0.115. The smallest absolute Gasteiger partial charge is 0.151 e. The molecule has 0 radical (unpaired) electrons. The lowest BCUT2D eigenvalue weighted by atomic mass is 9.97. The third-order valence-electron chi connectivity index (χ3n) is 3.85. The summed E-state index contributed by atoms with van der Waals surface area (Å²) < 4.78 is 25.1. The lowest BCUT2D eigenvalue weighted by molar-refractivity contribution is 0.215. The number of aryl methyl sites for hydroxylation is 1. The number of anilines is 1. The molecular weight excluding hydrogens is 283 g/mol. The quantitative estimate of drug-likeness (QED) is 0.915. The van der Waals surface area contributed by atoms with Crippen molar-refractivity contribution in [1.82, 2.24) is 0 Å². The van der Waals surface area contributed by atoms with Crippen LogP contribution in [-0.4, -0.2) is 26.3 Å². The van der Waals surface area contributed by atoms with Gasteiger partial charge in [0.15, 0.2) is 5.75 Å². The van der Waals surface area contributed by atoms with E-state index in [1.807, 2.05) is 25.1 Å². The molecule has 1 heterocycles. The maximum atomic E-state index is 14.0. The fourth-order valence-electron chi connectivity index (χ4n) is 2.68. The summed E-state index contributed by atoms with van der Waals surface area (Å²) in [5.74, 6) is 1.12. The van der Waals surface area contributed by atoms with Crippen molar-refractivity contribution in [3.8, 4) is 22.6 Å². The molecule has 0 spiro atoms. The summed E-state index contributed by atoms with van der Waals surface area (Å²) in [5, 5.41) is 3.19. The van der Waals surface area contributed by atoms with E-state index in [-0.39, 0.29) is 11.9 Å². The number of fused-ring (bicyclic) bond motifs is 1. The highest BCUT2D eigenvalue weighted by molar-refractivity contribution is 5.81. The second-order valence-corrected chi connectivity index (χ2v) is 5.37. The zero-order valence-corrected chi connectivity index (χ0v) is 12.7. The zero-order chi connectivity index (χ0) is 15.7.